The van der Waals surface area contributed by atoms with Gasteiger partial charge in [-0.3, -0.25) is 0 Å². The fourth-order valence-electron chi connectivity index (χ4n) is 1.73. The van der Waals surface area contributed by atoms with Gasteiger partial charge in [0, 0.05) is 5.02 Å². The van der Waals surface area contributed by atoms with Crippen molar-refractivity contribution in [1.29, 1.82) is 0 Å². The molecule has 1 atom stereocenters. The molecule has 0 aliphatic carbocycles. The van der Waals surface area contributed by atoms with Crippen molar-refractivity contribution in [2.45, 2.75) is 11.8 Å². The van der Waals surface area contributed by atoms with Crippen molar-refractivity contribution >= 4 is 27.5 Å². The Morgan fingerprint density at radius 3 is 2.35 bits per heavy atom. The molecular formula is C14H11BrClF. The van der Waals surface area contributed by atoms with Crippen LogP contribution in [0.4, 0.5) is 4.39 Å². The molecular weight excluding hydrogens is 303 g/mol. The zero-order valence-corrected chi connectivity index (χ0v) is 11.6. The topological polar surface area (TPSA) is 0 Å². The summed E-state index contributed by atoms with van der Waals surface area (Å²) in [6.45, 7) is 1.91. The standard InChI is InChI=1S/C14H11BrClF/c1-9-8-12(17)6-7-13(9)14(15)10-2-4-11(16)5-3-10/h2-8,14H,1H3. The zero-order chi connectivity index (χ0) is 12.4. The lowest BCUT2D eigenvalue weighted by Gasteiger charge is -2.13. The molecule has 0 saturated carbocycles. The average molecular weight is 314 g/mol. The van der Waals surface area contributed by atoms with Crippen molar-refractivity contribution in [1.82, 2.24) is 0 Å². The van der Waals surface area contributed by atoms with Gasteiger partial charge in [0.1, 0.15) is 5.82 Å². The molecule has 0 N–H and O–H groups in total. The van der Waals surface area contributed by atoms with Gasteiger partial charge in [-0.05, 0) is 47.9 Å². The Kier molecular flexibility index (Phi) is 3.85. The van der Waals surface area contributed by atoms with Crippen LogP contribution in [-0.4, -0.2) is 0 Å². The van der Waals surface area contributed by atoms with Gasteiger partial charge in [-0.25, -0.2) is 4.39 Å². The molecule has 0 amide bonds. The van der Waals surface area contributed by atoms with Gasteiger partial charge in [-0.2, -0.15) is 0 Å². The van der Waals surface area contributed by atoms with E-state index in [-0.39, 0.29) is 10.6 Å². The second-order valence-corrected chi connectivity index (χ2v) is 5.27. The molecule has 3 heteroatoms. The molecule has 1 unspecified atom stereocenters. The quantitative estimate of drug-likeness (QED) is 0.662. The molecule has 2 aromatic rings. The predicted molar refractivity (Wildman–Crippen MR) is 73.4 cm³/mol. The summed E-state index contributed by atoms with van der Waals surface area (Å²) < 4.78 is 13.0. The lowest BCUT2D eigenvalue weighted by Crippen LogP contribution is -1.96. The number of halogens is 3. The third kappa shape index (κ3) is 2.88. The van der Waals surface area contributed by atoms with Gasteiger partial charge in [0.25, 0.3) is 0 Å². The van der Waals surface area contributed by atoms with Crippen LogP contribution in [-0.2, 0) is 0 Å². The number of benzene rings is 2. The van der Waals surface area contributed by atoms with Crippen LogP contribution >= 0.6 is 27.5 Å². The average Bonchev–Trinajstić information content (AvgIpc) is 2.29. The minimum Gasteiger partial charge on any atom is -0.207 e. The van der Waals surface area contributed by atoms with E-state index < -0.39 is 0 Å². The van der Waals surface area contributed by atoms with Crippen molar-refractivity contribution in [3.05, 3.63) is 70.0 Å². The maximum atomic E-state index is 13.0. The van der Waals surface area contributed by atoms with Crippen molar-refractivity contribution in [2.75, 3.05) is 0 Å². The molecule has 0 spiro atoms. The van der Waals surface area contributed by atoms with Gasteiger partial charge < -0.3 is 0 Å². The summed E-state index contributed by atoms with van der Waals surface area (Å²) >= 11 is 9.48. The molecule has 17 heavy (non-hydrogen) atoms. The Bertz CT molecular complexity index is 522. The van der Waals surface area contributed by atoms with E-state index in [2.05, 4.69) is 15.9 Å². The highest BCUT2D eigenvalue weighted by Crippen LogP contribution is 2.33. The monoisotopic (exact) mass is 312 g/mol. The smallest absolute Gasteiger partial charge is 0.123 e. The molecule has 0 nitrogen and oxygen atoms in total. The first kappa shape index (κ1) is 12.6. The van der Waals surface area contributed by atoms with Gasteiger partial charge in [-0.15, -0.1) is 0 Å². The summed E-state index contributed by atoms with van der Waals surface area (Å²) in [7, 11) is 0. The van der Waals surface area contributed by atoms with Gasteiger partial charge in [0.05, 0.1) is 4.83 Å². The van der Waals surface area contributed by atoms with E-state index in [4.69, 9.17) is 11.6 Å². The van der Waals surface area contributed by atoms with Crippen molar-refractivity contribution < 1.29 is 4.39 Å². The maximum Gasteiger partial charge on any atom is 0.123 e. The van der Waals surface area contributed by atoms with Crippen molar-refractivity contribution in [2.24, 2.45) is 0 Å². The Balaban J connectivity index is 2.36. The van der Waals surface area contributed by atoms with E-state index in [1.807, 2.05) is 31.2 Å². The first-order chi connectivity index (χ1) is 8.08. The van der Waals surface area contributed by atoms with Crippen LogP contribution < -0.4 is 0 Å². The fraction of sp³-hybridized carbons (Fsp3) is 0.143. The Hall–Kier alpha value is -0.860. The highest BCUT2D eigenvalue weighted by atomic mass is 79.9. The number of hydrogen-bond acceptors (Lipinski definition) is 0. The van der Waals surface area contributed by atoms with Crippen LogP contribution in [0.3, 0.4) is 0 Å². The number of rotatable bonds is 2. The Labute approximate surface area is 114 Å². The number of hydrogen-bond donors (Lipinski definition) is 0. The zero-order valence-electron chi connectivity index (χ0n) is 9.25. The van der Waals surface area contributed by atoms with Gasteiger partial charge in [-0.1, -0.05) is 45.7 Å². The summed E-state index contributed by atoms with van der Waals surface area (Å²) in [6, 6.07) is 12.5. The highest BCUT2D eigenvalue weighted by molar-refractivity contribution is 9.09. The minimum absolute atomic E-state index is 0.0559. The molecule has 0 aromatic heterocycles. The van der Waals surface area contributed by atoms with E-state index in [0.29, 0.717) is 5.02 Å². The molecule has 2 rings (SSSR count). The van der Waals surface area contributed by atoms with E-state index >= 15 is 0 Å². The molecule has 0 aliphatic heterocycles. The second-order valence-electron chi connectivity index (χ2n) is 3.92. The molecule has 0 saturated heterocycles. The lowest BCUT2D eigenvalue weighted by atomic mass is 10.0. The summed E-state index contributed by atoms with van der Waals surface area (Å²) in [5.41, 5.74) is 3.10. The van der Waals surface area contributed by atoms with E-state index in [9.17, 15) is 4.39 Å². The van der Waals surface area contributed by atoms with Gasteiger partial charge in [0.15, 0.2) is 0 Å². The first-order valence-corrected chi connectivity index (χ1v) is 6.53. The largest absolute Gasteiger partial charge is 0.207 e. The van der Waals surface area contributed by atoms with E-state index in [1.54, 1.807) is 12.1 Å². The highest BCUT2D eigenvalue weighted by Gasteiger charge is 2.12. The summed E-state index contributed by atoms with van der Waals surface area (Å²) in [4.78, 5) is 0.0559. The fourth-order valence-corrected chi connectivity index (χ4v) is 2.68. The van der Waals surface area contributed by atoms with Crippen LogP contribution in [0.15, 0.2) is 42.5 Å². The third-order valence-corrected chi connectivity index (χ3v) is 3.94. The summed E-state index contributed by atoms with van der Waals surface area (Å²) in [5, 5.41) is 0.712. The Morgan fingerprint density at radius 2 is 1.76 bits per heavy atom. The van der Waals surface area contributed by atoms with E-state index in [1.165, 1.54) is 6.07 Å². The molecule has 0 fully saturated rings. The van der Waals surface area contributed by atoms with Crippen LogP contribution in [0.1, 0.15) is 21.5 Å². The molecule has 88 valence electrons. The Morgan fingerprint density at radius 1 is 1.12 bits per heavy atom. The van der Waals surface area contributed by atoms with E-state index in [0.717, 1.165) is 16.7 Å². The van der Waals surface area contributed by atoms with Gasteiger partial charge in [0.2, 0.25) is 0 Å². The van der Waals surface area contributed by atoms with Crippen molar-refractivity contribution in [3.63, 3.8) is 0 Å². The predicted octanol–water partition coefficient (Wildman–Crippen LogP) is 5.27. The summed E-state index contributed by atoms with van der Waals surface area (Å²) in [5.74, 6) is -0.206. The van der Waals surface area contributed by atoms with Crippen LogP contribution in [0.2, 0.25) is 5.02 Å². The molecule has 0 radical (unpaired) electrons. The minimum atomic E-state index is -0.206. The third-order valence-electron chi connectivity index (χ3n) is 2.67. The van der Waals surface area contributed by atoms with Crippen LogP contribution in [0.25, 0.3) is 0 Å². The number of aryl methyl sites for hydroxylation is 1. The SMILES string of the molecule is Cc1cc(F)ccc1C(Br)c1ccc(Cl)cc1. The van der Waals surface area contributed by atoms with Crippen LogP contribution in [0.5, 0.6) is 0 Å². The number of alkyl halides is 1. The first-order valence-electron chi connectivity index (χ1n) is 5.23. The van der Waals surface area contributed by atoms with Gasteiger partial charge >= 0.3 is 0 Å². The van der Waals surface area contributed by atoms with Crippen molar-refractivity contribution in [3.8, 4) is 0 Å². The second kappa shape index (κ2) is 5.19. The molecule has 0 heterocycles. The maximum absolute atomic E-state index is 13.0. The molecule has 0 aliphatic rings. The summed E-state index contributed by atoms with van der Waals surface area (Å²) in [6.07, 6.45) is 0. The van der Waals surface area contributed by atoms with Crippen LogP contribution in [0, 0.1) is 12.7 Å². The molecule has 0 bridgehead atoms. The lowest BCUT2D eigenvalue weighted by molar-refractivity contribution is 0.626. The molecule has 2 aromatic carbocycles. The normalized spacial score (nSPS) is 12.5.